The summed E-state index contributed by atoms with van der Waals surface area (Å²) in [5.74, 6) is 4.98. The predicted octanol–water partition coefficient (Wildman–Crippen LogP) is 1.15. The van der Waals surface area contributed by atoms with Gasteiger partial charge in [-0.15, -0.1) is 0 Å². The van der Waals surface area contributed by atoms with Crippen LogP contribution in [0.15, 0.2) is 24.3 Å². The molecule has 1 unspecified atom stereocenters. The molecule has 0 fully saturated rings. The van der Waals surface area contributed by atoms with Gasteiger partial charge in [0.1, 0.15) is 5.82 Å². The Balaban J connectivity index is 3.26. The molecule has 0 radical (unpaired) electrons. The Hall–Kier alpha value is -0.980. The molecule has 0 spiro atoms. The Morgan fingerprint density at radius 1 is 1.41 bits per heavy atom. The van der Waals surface area contributed by atoms with Gasteiger partial charge in [-0.1, -0.05) is 12.1 Å². The first-order chi connectivity index (χ1) is 7.70. The highest BCUT2D eigenvalue weighted by Crippen LogP contribution is 2.31. The number of sulfone groups is 1. The lowest BCUT2D eigenvalue weighted by molar-refractivity contribution is 0.426. The number of hydrazine groups is 1. The lowest BCUT2D eigenvalue weighted by Crippen LogP contribution is -2.47. The molecule has 0 aliphatic rings. The Morgan fingerprint density at radius 2 is 2.00 bits per heavy atom. The fourth-order valence-electron chi connectivity index (χ4n) is 1.60. The predicted molar refractivity (Wildman–Crippen MR) is 65.4 cm³/mol. The summed E-state index contributed by atoms with van der Waals surface area (Å²) in [6, 6.07) is 5.06. The van der Waals surface area contributed by atoms with Gasteiger partial charge in [0, 0.05) is 6.26 Å². The van der Waals surface area contributed by atoms with E-state index in [1.54, 1.807) is 19.9 Å². The van der Waals surface area contributed by atoms with Gasteiger partial charge in [0.2, 0.25) is 0 Å². The maximum absolute atomic E-state index is 13.1. The second-order valence-electron chi connectivity index (χ2n) is 4.53. The van der Waals surface area contributed by atoms with Gasteiger partial charge in [0.05, 0.1) is 10.8 Å². The first-order valence-electron chi connectivity index (χ1n) is 5.11. The standard InChI is InChI=1S/C11H17FN2O2S/c1-11(2,17(3,15)16)10(14-13)8-5-4-6-9(12)7-8/h4-7,10,14H,13H2,1-3H3. The lowest BCUT2D eigenvalue weighted by Gasteiger charge is -2.32. The third-order valence-corrected chi connectivity index (χ3v) is 5.15. The Bertz CT molecular complexity index is 500. The maximum Gasteiger partial charge on any atom is 0.154 e. The summed E-state index contributed by atoms with van der Waals surface area (Å²) in [6.45, 7) is 3.11. The van der Waals surface area contributed by atoms with Gasteiger partial charge in [-0.3, -0.25) is 11.3 Å². The molecule has 0 bridgehead atoms. The zero-order valence-corrected chi connectivity index (χ0v) is 10.9. The van der Waals surface area contributed by atoms with Crippen LogP contribution >= 0.6 is 0 Å². The minimum atomic E-state index is -3.34. The summed E-state index contributed by atoms with van der Waals surface area (Å²) in [6.07, 6.45) is 1.14. The molecule has 1 aromatic carbocycles. The molecule has 0 aliphatic heterocycles. The van der Waals surface area contributed by atoms with Gasteiger partial charge < -0.3 is 0 Å². The fourth-order valence-corrected chi connectivity index (χ4v) is 2.23. The zero-order chi connectivity index (χ0) is 13.3. The molecule has 1 aromatic rings. The maximum atomic E-state index is 13.1. The second kappa shape index (κ2) is 4.72. The van der Waals surface area contributed by atoms with E-state index in [9.17, 15) is 12.8 Å². The summed E-state index contributed by atoms with van der Waals surface area (Å²) in [5.41, 5.74) is 2.95. The van der Waals surface area contributed by atoms with Crippen molar-refractivity contribution in [1.82, 2.24) is 5.43 Å². The number of benzene rings is 1. The van der Waals surface area contributed by atoms with E-state index in [2.05, 4.69) is 5.43 Å². The van der Waals surface area contributed by atoms with Crippen LogP contribution in [0.3, 0.4) is 0 Å². The molecule has 1 rings (SSSR count). The minimum Gasteiger partial charge on any atom is -0.271 e. The average Bonchev–Trinajstić information content (AvgIpc) is 2.16. The highest BCUT2D eigenvalue weighted by Gasteiger charge is 2.39. The van der Waals surface area contributed by atoms with Crippen molar-refractivity contribution in [2.45, 2.75) is 24.6 Å². The second-order valence-corrected chi connectivity index (χ2v) is 7.13. The first-order valence-corrected chi connectivity index (χ1v) is 7.00. The molecule has 0 aromatic heterocycles. The van der Waals surface area contributed by atoms with Gasteiger partial charge in [0.25, 0.3) is 0 Å². The van der Waals surface area contributed by atoms with Crippen LogP contribution in [0.2, 0.25) is 0 Å². The van der Waals surface area contributed by atoms with E-state index in [0.29, 0.717) is 5.56 Å². The highest BCUT2D eigenvalue weighted by atomic mass is 32.2. The van der Waals surface area contributed by atoms with Crippen LogP contribution < -0.4 is 11.3 Å². The zero-order valence-electron chi connectivity index (χ0n) is 10.1. The molecule has 0 amide bonds. The van der Waals surface area contributed by atoms with Crippen LogP contribution in [-0.4, -0.2) is 19.4 Å². The van der Waals surface area contributed by atoms with E-state index in [4.69, 9.17) is 5.84 Å². The topological polar surface area (TPSA) is 72.2 Å². The number of nitrogens with one attached hydrogen (secondary N) is 1. The van der Waals surface area contributed by atoms with Gasteiger partial charge in [-0.25, -0.2) is 12.8 Å². The van der Waals surface area contributed by atoms with Gasteiger partial charge in [-0.05, 0) is 31.5 Å². The number of rotatable bonds is 4. The van der Waals surface area contributed by atoms with Crippen molar-refractivity contribution in [2.24, 2.45) is 5.84 Å². The Morgan fingerprint density at radius 3 is 2.41 bits per heavy atom. The highest BCUT2D eigenvalue weighted by molar-refractivity contribution is 7.92. The van der Waals surface area contributed by atoms with Crippen molar-refractivity contribution >= 4 is 9.84 Å². The van der Waals surface area contributed by atoms with E-state index >= 15 is 0 Å². The number of hydrogen-bond acceptors (Lipinski definition) is 4. The van der Waals surface area contributed by atoms with Crippen LogP contribution in [-0.2, 0) is 9.84 Å². The third kappa shape index (κ3) is 2.83. The quantitative estimate of drug-likeness (QED) is 0.629. The third-order valence-electron chi connectivity index (χ3n) is 3.00. The number of halogens is 1. The molecule has 3 N–H and O–H groups in total. The fraction of sp³-hybridized carbons (Fsp3) is 0.455. The lowest BCUT2D eigenvalue weighted by atomic mass is 9.96. The van der Waals surface area contributed by atoms with Crippen molar-refractivity contribution in [3.05, 3.63) is 35.6 Å². The molecular weight excluding hydrogens is 243 g/mol. The summed E-state index contributed by atoms with van der Waals surface area (Å²) in [4.78, 5) is 0. The van der Waals surface area contributed by atoms with E-state index in [1.165, 1.54) is 18.2 Å². The van der Waals surface area contributed by atoms with Crippen molar-refractivity contribution in [3.63, 3.8) is 0 Å². The smallest absolute Gasteiger partial charge is 0.154 e. The van der Waals surface area contributed by atoms with Gasteiger partial charge >= 0.3 is 0 Å². The van der Waals surface area contributed by atoms with E-state index in [0.717, 1.165) is 6.26 Å². The van der Waals surface area contributed by atoms with Crippen LogP contribution in [0.1, 0.15) is 25.5 Å². The molecular formula is C11H17FN2O2S. The average molecular weight is 260 g/mol. The molecule has 4 nitrogen and oxygen atoms in total. The normalized spacial score (nSPS) is 14.6. The van der Waals surface area contributed by atoms with Crippen molar-refractivity contribution < 1.29 is 12.8 Å². The van der Waals surface area contributed by atoms with Crippen molar-refractivity contribution in [3.8, 4) is 0 Å². The summed E-state index contributed by atoms with van der Waals surface area (Å²) in [7, 11) is -3.34. The molecule has 17 heavy (non-hydrogen) atoms. The molecule has 0 heterocycles. The van der Waals surface area contributed by atoms with E-state index in [-0.39, 0.29) is 0 Å². The van der Waals surface area contributed by atoms with E-state index in [1.807, 2.05) is 0 Å². The van der Waals surface area contributed by atoms with Crippen LogP contribution in [0.25, 0.3) is 0 Å². The number of hydrogen-bond donors (Lipinski definition) is 2. The first kappa shape index (κ1) is 14.1. The molecule has 0 saturated carbocycles. The van der Waals surface area contributed by atoms with Gasteiger partial charge in [-0.2, -0.15) is 0 Å². The SMILES string of the molecule is CC(C)(C(NN)c1cccc(F)c1)S(C)(=O)=O. The Kier molecular flexibility index (Phi) is 3.91. The largest absolute Gasteiger partial charge is 0.271 e. The van der Waals surface area contributed by atoms with Crippen LogP contribution in [0.5, 0.6) is 0 Å². The molecule has 0 aliphatic carbocycles. The molecule has 1 atom stereocenters. The van der Waals surface area contributed by atoms with Crippen LogP contribution in [0.4, 0.5) is 4.39 Å². The summed E-state index contributed by atoms with van der Waals surface area (Å²) >= 11 is 0. The minimum absolute atomic E-state index is 0.424. The molecule has 0 saturated heterocycles. The van der Waals surface area contributed by atoms with E-state index < -0.39 is 26.4 Å². The Labute approximate surface area is 101 Å². The summed E-state index contributed by atoms with van der Waals surface area (Å²) in [5, 5.41) is 0. The molecule has 96 valence electrons. The van der Waals surface area contributed by atoms with Crippen molar-refractivity contribution in [2.75, 3.05) is 6.26 Å². The molecule has 6 heteroatoms. The number of nitrogens with two attached hydrogens (primary N) is 1. The monoisotopic (exact) mass is 260 g/mol. The van der Waals surface area contributed by atoms with Crippen LogP contribution in [0, 0.1) is 5.82 Å². The van der Waals surface area contributed by atoms with Gasteiger partial charge in [0.15, 0.2) is 9.84 Å². The van der Waals surface area contributed by atoms with Crippen molar-refractivity contribution in [1.29, 1.82) is 0 Å². The summed E-state index contributed by atoms with van der Waals surface area (Å²) < 4.78 is 35.4.